The van der Waals surface area contributed by atoms with E-state index in [0.717, 1.165) is 12.1 Å². The summed E-state index contributed by atoms with van der Waals surface area (Å²) >= 11 is 0. The molecule has 0 aliphatic heterocycles. The minimum atomic E-state index is -0.822. The number of halogens is 1. The van der Waals surface area contributed by atoms with E-state index >= 15 is 0 Å². The second-order valence-electron chi connectivity index (χ2n) is 5.84. The molecule has 0 saturated heterocycles. The first-order valence-corrected chi connectivity index (χ1v) is 7.56. The number of hydrogen-bond donors (Lipinski definition) is 2. The van der Waals surface area contributed by atoms with Gasteiger partial charge in [-0.1, -0.05) is 43.4 Å². The molecule has 2 nitrogen and oxygen atoms in total. The zero-order chi connectivity index (χ0) is 15.6. The van der Waals surface area contributed by atoms with Gasteiger partial charge in [0.25, 0.3) is 0 Å². The quantitative estimate of drug-likeness (QED) is 0.722. The van der Waals surface area contributed by atoms with Crippen LogP contribution in [-0.4, -0.2) is 6.17 Å². The Kier molecular flexibility index (Phi) is 4.71. The van der Waals surface area contributed by atoms with Crippen LogP contribution < -0.4 is 11.1 Å². The maximum atomic E-state index is 13.5. The van der Waals surface area contributed by atoms with E-state index in [4.69, 9.17) is 5.73 Å². The molecule has 0 amide bonds. The lowest BCUT2D eigenvalue weighted by Crippen LogP contribution is -2.19. The number of rotatable bonds is 6. The van der Waals surface area contributed by atoms with E-state index < -0.39 is 6.17 Å². The highest BCUT2D eigenvalue weighted by molar-refractivity contribution is 5.54. The van der Waals surface area contributed by atoms with Crippen LogP contribution in [0.3, 0.4) is 0 Å². The van der Waals surface area contributed by atoms with Gasteiger partial charge in [-0.15, -0.1) is 0 Å². The molecule has 3 heteroatoms. The van der Waals surface area contributed by atoms with E-state index in [2.05, 4.69) is 37.9 Å². The first kappa shape index (κ1) is 15.6. The van der Waals surface area contributed by atoms with Gasteiger partial charge in [0.05, 0.1) is 5.82 Å². The fourth-order valence-corrected chi connectivity index (χ4v) is 3.00. The Balaban J connectivity index is 2.27. The number of alkyl halides is 1. The molecule has 0 saturated carbocycles. The molecule has 3 N–H and O–H groups in total. The van der Waals surface area contributed by atoms with Gasteiger partial charge in [0.15, 0.2) is 0 Å². The third kappa shape index (κ3) is 3.46. The number of hydrogen-bond acceptors (Lipinski definition) is 2. The van der Waals surface area contributed by atoms with Gasteiger partial charge < -0.3 is 11.1 Å². The van der Waals surface area contributed by atoms with Gasteiger partial charge in [0.2, 0.25) is 0 Å². The molecular formula is C18H25FN2. The normalized spacial score (nSPS) is 26.5. The molecule has 0 bridgehead atoms. The van der Waals surface area contributed by atoms with Crippen molar-refractivity contribution < 1.29 is 4.39 Å². The highest BCUT2D eigenvalue weighted by Crippen LogP contribution is 2.52. The minimum absolute atomic E-state index is 0.228. The second kappa shape index (κ2) is 6.33. The van der Waals surface area contributed by atoms with Crippen LogP contribution >= 0.6 is 0 Å². The minimum Gasteiger partial charge on any atom is -0.386 e. The Labute approximate surface area is 127 Å². The summed E-state index contributed by atoms with van der Waals surface area (Å²) < 4.78 is 13.5. The molecule has 114 valence electrons. The summed E-state index contributed by atoms with van der Waals surface area (Å²) in [5, 5.41) is 3.09. The van der Waals surface area contributed by atoms with E-state index in [1.165, 1.54) is 16.7 Å². The molecular weight excluding hydrogens is 263 g/mol. The maximum Gasteiger partial charge on any atom is 0.122 e. The molecule has 3 unspecified atom stereocenters. The first-order valence-electron chi connectivity index (χ1n) is 7.56. The van der Waals surface area contributed by atoms with Crippen molar-refractivity contribution in [3.05, 3.63) is 59.1 Å². The molecule has 2 aliphatic rings. The summed E-state index contributed by atoms with van der Waals surface area (Å²) in [4.78, 5) is 0. The van der Waals surface area contributed by atoms with Crippen LogP contribution in [0.25, 0.3) is 0 Å². The van der Waals surface area contributed by atoms with Gasteiger partial charge in [-0.3, -0.25) is 0 Å². The lowest BCUT2D eigenvalue weighted by atomic mass is 9.92. The molecule has 0 aromatic rings. The molecule has 2 rings (SSSR count). The van der Waals surface area contributed by atoms with Gasteiger partial charge in [0.1, 0.15) is 6.17 Å². The van der Waals surface area contributed by atoms with Crippen LogP contribution in [0.2, 0.25) is 0 Å². The van der Waals surface area contributed by atoms with Crippen LogP contribution in [0.4, 0.5) is 4.39 Å². The standard InChI is InChI=1S/C18H25FN2/c1-5-6-7-15(11(2)12(3)21-13(4)20)18-16-9-8-14(19)10-17(16)18/h6-9,14-16,21H,4-5,10,20H2,1-3H3. The molecule has 0 radical (unpaired) electrons. The monoisotopic (exact) mass is 288 g/mol. The van der Waals surface area contributed by atoms with E-state index in [-0.39, 0.29) is 5.92 Å². The van der Waals surface area contributed by atoms with Gasteiger partial charge in [0, 0.05) is 24.0 Å². The van der Waals surface area contributed by atoms with Crippen molar-refractivity contribution in [3.8, 4) is 0 Å². The first-order chi connectivity index (χ1) is 9.95. The Morgan fingerprint density at radius 3 is 2.81 bits per heavy atom. The summed E-state index contributed by atoms with van der Waals surface area (Å²) in [7, 11) is 0. The van der Waals surface area contributed by atoms with E-state index in [1.807, 2.05) is 13.0 Å². The number of fused-ring (bicyclic) bond motifs is 1. The van der Waals surface area contributed by atoms with Crippen molar-refractivity contribution in [2.24, 2.45) is 17.6 Å². The number of nitrogens with one attached hydrogen (secondary N) is 1. The van der Waals surface area contributed by atoms with Crippen LogP contribution in [0.1, 0.15) is 33.6 Å². The van der Waals surface area contributed by atoms with Crippen molar-refractivity contribution in [1.82, 2.24) is 5.32 Å². The summed E-state index contributed by atoms with van der Waals surface area (Å²) in [6.07, 6.45) is 8.81. The largest absolute Gasteiger partial charge is 0.386 e. The Bertz CT molecular complexity index is 552. The SMILES string of the molecule is C=C(N)NC(C)=C(C)C(C=CCC)C1=C2CC(F)C=CC21. The zero-order valence-corrected chi connectivity index (χ0v) is 13.1. The molecule has 21 heavy (non-hydrogen) atoms. The van der Waals surface area contributed by atoms with Crippen LogP contribution in [0, 0.1) is 11.8 Å². The predicted molar refractivity (Wildman–Crippen MR) is 86.9 cm³/mol. The smallest absolute Gasteiger partial charge is 0.122 e. The van der Waals surface area contributed by atoms with Crippen molar-refractivity contribution in [2.45, 2.75) is 39.8 Å². The van der Waals surface area contributed by atoms with Crippen molar-refractivity contribution >= 4 is 0 Å². The average Bonchev–Trinajstić information content (AvgIpc) is 3.11. The summed E-state index contributed by atoms with van der Waals surface area (Å²) in [5.41, 5.74) is 10.5. The molecule has 3 atom stereocenters. The molecule has 0 aromatic carbocycles. The average molecular weight is 288 g/mol. The lowest BCUT2D eigenvalue weighted by molar-refractivity contribution is 0.392. The third-order valence-corrected chi connectivity index (χ3v) is 4.23. The number of allylic oxidation sites excluding steroid dienone is 8. The maximum absolute atomic E-state index is 13.5. The zero-order valence-electron chi connectivity index (χ0n) is 13.1. The van der Waals surface area contributed by atoms with Gasteiger partial charge in [-0.25, -0.2) is 4.39 Å². The Hall–Kier alpha value is -1.77. The van der Waals surface area contributed by atoms with E-state index in [0.29, 0.717) is 18.2 Å². The molecule has 0 fully saturated rings. The van der Waals surface area contributed by atoms with Gasteiger partial charge >= 0.3 is 0 Å². The van der Waals surface area contributed by atoms with E-state index in [9.17, 15) is 4.39 Å². The predicted octanol–water partition coefficient (Wildman–Crippen LogP) is 4.11. The highest BCUT2D eigenvalue weighted by atomic mass is 19.1. The Morgan fingerprint density at radius 2 is 2.24 bits per heavy atom. The van der Waals surface area contributed by atoms with Gasteiger partial charge in [-0.05, 0) is 31.4 Å². The van der Waals surface area contributed by atoms with Gasteiger partial charge in [-0.2, -0.15) is 0 Å². The van der Waals surface area contributed by atoms with Crippen molar-refractivity contribution in [2.75, 3.05) is 0 Å². The van der Waals surface area contributed by atoms with Crippen LogP contribution in [0.5, 0.6) is 0 Å². The van der Waals surface area contributed by atoms with Crippen LogP contribution in [-0.2, 0) is 0 Å². The summed E-state index contributed by atoms with van der Waals surface area (Å²) in [5.74, 6) is 1.04. The van der Waals surface area contributed by atoms with Crippen molar-refractivity contribution in [1.29, 1.82) is 0 Å². The topological polar surface area (TPSA) is 38.0 Å². The van der Waals surface area contributed by atoms with Crippen LogP contribution in [0.15, 0.2) is 59.1 Å². The summed E-state index contributed by atoms with van der Waals surface area (Å²) in [6.45, 7) is 9.91. The summed E-state index contributed by atoms with van der Waals surface area (Å²) in [6, 6.07) is 0. The molecule has 0 spiro atoms. The fraction of sp³-hybridized carbons (Fsp3) is 0.444. The fourth-order valence-electron chi connectivity index (χ4n) is 3.00. The van der Waals surface area contributed by atoms with E-state index in [1.54, 1.807) is 6.08 Å². The van der Waals surface area contributed by atoms with Crippen molar-refractivity contribution in [3.63, 3.8) is 0 Å². The third-order valence-electron chi connectivity index (χ3n) is 4.23. The number of nitrogens with two attached hydrogens (primary N) is 1. The molecule has 2 aliphatic carbocycles. The Morgan fingerprint density at radius 1 is 1.52 bits per heavy atom. The second-order valence-corrected chi connectivity index (χ2v) is 5.84. The molecule has 0 aromatic heterocycles. The molecule has 0 heterocycles. The highest BCUT2D eigenvalue weighted by Gasteiger charge is 2.41. The lowest BCUT2D eigenvalue weighted by Gasteiger charge is -2.17.